The van der Waals surface area contributed by atoms with Crippen molar-refractivity contribution in [2.75, 3.05) is 4.90 Å². The number of thiophene rings is 1. The number of amides is 1. The Labute approximate surface area is 147 Å². The largest absolute Gasteiger partial charge is 0.467 e. The van der Waals surface area contributed by atoms with Crippen LogP contribution in [0.2, 0.25) is 0 Å². The van der Waals surface area contributed by atoms with E-state index in [1.165, 1.54) is 22.7 Å². The standard InChI is InChI=1S/C18H14N2O2S2/c1-12-5-2-7-14-16(12)19-18(24-14)20(11-13-6-3-9-22-13)17(21)15-8-4-10-23-15/h2-10H,11H2,1H3. The molecule has 0 N–H and O–H groups in total. The topological polar surface area (TPSA) is 46.3 Å². The number of fused-ring (bicyclic) bond motifs is 1. The van der Waals surface area contributed by atoms with Crippen molar-refractivity contribution in [2.24, 2.45) is 0 Å². The Kier molecular flexibility index (Phi) is 3.92. The molecule has 4 nitrogen and oxygen atoms in total. The predicted molar refractivity (Wildman–Crippen MR) is 97.9 cm³/mol. The molecule has 0 aliphatic rings. The van der Waals surface area contributed by atoms with Crippen LogP contribution in [0.1, 0.15) is 21.0 Å². The van der Waals surface area contributed by atoms with Crippen LogP contribution in [0, 0.1) is 6.92 Å². The molecule has 4 rings (SSSR count). The number of aryl methyl sites for hydroxylation is 1. The fraction of sp³-hybridized carbons (Fsp3) is 0.111. The molecule has 3 aromatic heterocycles. The number of benzene rings is 1. The van der Waals surface area contributed by atoms with Gasteiger partial charge in [-0.05, 0) is 42.1 Å². The van der Waals surface area contributed by atoms with E-state index in [9.17, 15) is 4.79 Å². The first-order chi connectivity index (χ1) is 11.7. The second kappa shape index (κ2) is 6.22. The first-order valence-corrected chi connectivity index (χ1v) is 9.16. The van der Waals surface area contributed by atoms with Crippen LogP contribution < -0.4 is 4.90 Å². The lowest BCUT2D eigenvalue weighted by atomic mass is 10.2. The SMILES string of the molecule is Cc1cccc2sc(N(Cc3ccco3)C(=O)c3cccs3)nc12. The second-order valence-corrected chi connectivity index (χ2v) is 7.32. The van der Waals surface area contributed by atoms with Gasteiger partial charge in [0.05, 0.1) is 27.9 Å². The van der Waals surface area contributed by atoms with Crippen LogP contribution in [0.4, 0.5) is 5.13 Å². The van der Waals surface area contributed by atoms with E-state index in [0.29, 0.717) is 16.6 Å². The predicted octanol–water partition coefficient (Wildman–Crippen LogP) is 5.11. The van der Waals surface area contributed by atoms with Crippen molar-refractivity contribution < 1.29 is 9.21 Å². The van der Waals surface area contributed by atoms with Gasteiger partial charge in [0, 0.05) is 0 Å². The molecule has 24 heavy (non-hydrogen) atoms. The molecule has 0 bridgehead atoms. The average molecular weight is 354 g/mol. The minimum absolute atomic E-state index is 0.0573. The minimum atomic E-state index is -0.0573. The van der Waals surface area contributed by atoms with E-state index in [1.54, 1.807) is 11.2 Å². The molecule has 0 fully saturated rings. The summed E-state index contributed by atoms with van der Waals surface area (Å²) in [4.78, 5) is 20.0. The molecule has 0 radical (unpaired) electrons. The maximum Gasteiger partial charge on any atom is 0.270 e. The lowest BCUT2D eigenvalue weighted by molar-refractivity contribution is 0.0987. The zero-order valence-electron chi connectivity index (χ0n) is 12.9. The Balaban J connectivity index is 1.78. The van der Waals surface area contributed by atoms with Crippen molar-refractivity contribution in [3.63, 3.8) is 0 Å². The van der Waals surface area contributed by atoms with Crippen LogP contribution in [-0.4, -0.2) is 10.9 Å². The van der Waals surface area contributed by atoms with Gasteiger partial charge in [0.15, 0.2) is 5.13 Å². The smallest absolute Gasteiger partial charge is 0.270 e. The highest BCUT2D eigenvalue weighted by Gasteiger charge is 2.23. The third-order valence-electron chi connectivity index (χ3n) is 3.71. The summed E-state index contributed by atoms with van der Waals surface area (Å²) in [7, 11) is 0. The van der Waals surface area contributed by atoms with Crippen LogP contribution in [0.25, 0.3) is 10.2 Å². The van der Waals surface area contributed by atoms with Gasteiger partial charge in [0.1, 0.15) is 5.76 Å². The molecule has 6 heteroatoms. The molecule has 0 spiro atoms. The fourth-order valence-corrected chi connectivity index (χ4v) is 4.22. The Bertz CT molecular complexity index is 972. The van der Waals surface area contributed by atoms with Gasteiger partial charge in [0.2, 0.25) is 0 Å². The van der Waals surface area contributed by atoms with Crippen molar-refractivity contribution in [1.82, 2.24) is 4.98 Å². The molecule has 0 saturated carbocycles. The summed E-state index contributed by atoms with van der Waals surface area (Å²) in [5, 5.41) is 2.59. The summed E-state index contributed by atoms with van der Waals surface area (Å²) in [6.45, 7) is 2.40. The van der Waals surface area contributed by atoms with Crippen LogP contribution in [0.5, 0.6) is 0 Å². The van der Waals surface area contributed by atoms with Gasteiger partial charge in [-0.1, -0.05) is 29.5 Å². The molecule has 0 saturated heterocycles. The number of anilines is 1. The molecule has 120 valence electrons. The van der Waals surface area contributed by atoms with E-state index in [-0.39, 0.29) is 5.91 Å². The van der Waals surface area contributed by atoms with Crippen molar-refractivity contribution in [3.8, 4) is 0 Å². The van der Waals surface area contributed by atoms with E-state index < -0.39 is 0 Å². The summed E-state index contributed by atoms with van der Waals surface area (Å²) in [5.74, 6) is 0.675. The summed E-state index contributed by atoms with van der Waals surface area (Å²) < 4.78 is 6.51. The molecular weight excluding hydrogens is 340 g/mol. The highest BCUT2D eigenvalue weighted by molar-refractivity contribution is 7.22. The van der Waals surface area contributed by atoms with E-state index in [2.05, 4.69) is 0 Å². The number of hydrogen-bond donors (Lipinski definition) is 0. The van der Waals surface area contributed by atoms with Crippen molar-refractivity contribution in [3.05, 3.63) is 70.3 Å². The van der Waals surface area contributed by atoms with Gasteiger partial charge >= 0.3 is 0 Å². The number of hydrogen-bond acceptors (Lipinski definition) is 5. The van der Waals surface area contributed by atoms with Gasteiger partial charge in [-0.15, -0.1) is 11.3 Å². The summed E-state index contributed by atoms with van der Waals surface area (Å²) in [6, 6.07) is 13.5. The zero-order valence-corrected chi connectivity index (χ0v) is 14.6. The quantitative estimate of drug-likeness (QED) is 0.512. The van der Waals surface area contributed by atoms with Gasteiger partial charge < -0.3 is 4.42 Å². The summed E-state index contributed by atoms with van der Waals surface area (Å²) in [6.07, 6.45) is 1.62. The number of carbonyl (C=O) groups excluding carboxylic acids is 1. The number of carbonyl (C=O) groups is 1. The van der Waals surface area contributed by atoms with Crippen LogP contribution in [0.3, 0.4) is 0 Å². The van der Waals surface area contributed by atoms with E-state index in [4.69, 9.17) is 9.40 Å². The lowest BCUT2D eigenvalue weighted by Gasteiger charge is -2.17. The number of nitrogens with zero attached hydrogens (tertiary/aromatic N) is 2. The van der Waals surface area contributed by atoms with Crippen molar-refractivity contribution in [1.29, 1.82) is 0 Å². The number of furan rings is 1. The van der Waals surface area contributed by atoms with E-state index >= 15 is 0 Å². The number of thiazole rings is 1. The third-order valence-corrected chi connectivity index (χ3v) is 5.61. The molecule has 0 aliphatic carbocycles. The maximum atomic E-state index is 13.0. The lowest BCUT2D eigenvalue weighted by Crippen LogP contribution is -2.29. The first-order valence-electron chi connectivity index (χ1n) is 7.46. The zero-order chi connectivity index (χ0) is 16.5. The van der Waals surface area contributed by atoms with Gasteiger partial charge in [-0.2, -0.15) is 0 Å². The molecule has 4 aromatic rings. The molecule has 1 amide bonds. The van der Waals surface area contributed by atoms with Gasteiger partial charge in [0.25, 0.3) is 5.91 Å². The average Bonchev–Trinajstić information content (AvgIpc) is 3.32. The Morgan fingerprint density at radius 3 is 2.83 bits per heavy atom. The van der Waals surface area contributed by atoms with Crippen molar-refractivity contribution >= 4 is 43.9 Å². The monoisotopic (exact) mass is 354 g/mol. The van der Waals surface area contributed by atoms with Crippen LogP contribution in [-0.2, 0) is 6.54 Å². The molecule has 0 aliphatic heterocycles. The third kappa shape index (κ3) is 2.74. The Morgan fingerprint density at radius 1 is 1.21 bits per heavy atom. The van der Waals surface area contributed by atoms with E-state index in [1.807, 2.05) is 54.8 Å². The number of para-hydroxylation sites is 1. The maximum absolute atomic E-state index is 13.0. The first kappa shape index (κ1) is 15.1. The fourth-order valence-electron chi connectivity index (χ4n) is 2.51. The Hall–Kier alpha value is -2.44. The number of rotatable bonds is 4. The number of aromatic nitrogens is 1. The van der Waals surface area contributed by atoms with Crippen LogP contribution in [0.15, 0.2) is 58.5 Å². The Morgan fingerprint density at radius 2 is 2.12 bits per heavy atom. The molecular formula is C18H14N2O2S2. The van der Waals surface area contributed by atoms with Gasteiger partial charge in [-0.25, -0.2) is 4.98 Å². The molecule has 1 aromatic carbocycles. The molecule has 0 unspecified atom stereocenters. The second-order valence-electron chi connectivity index (χ2n) is 5.37. The minimum Gasteiger partial charge on any atom is -0.467 e. The highest BCUT2D eigenvalue weighted by atomic mass is 32.1. The molecule has 0 atom stereocenters. The van der Waals surface area contributed by atoms with Crippen molar-refractivity contribution in [2.45, 2.75) is 13.5 Å². The summed E-state index contributed by atoms with van der Waals surface area (Å²) in [5.41, 5.74) is 2.05. The summed E-state index contributed by atoms with van der Waals surface area (Å²) >= 11 is 2.96. The highest BCUT2D eigenvalue weighted by Crippen LogP contribution is 2.32. The van der Waals surface area contributed by atoms with Crippen LogP contribution >= 0.6 is 22.7 Å². The van der Waals surface area contributed by atoms with E-state index in [0.717, 1.165) is 21.5 Å². The van der Waals surface area contributed by atoms with Gasteiger partial charge in [-0.3, -0.25) is 9.69 Å². The normalized spacial score (nSPS) is 11.0. The molecule has 3 heterocycles.